The number of pyridine rings is 1. The maximum Gasteiger partial charge on any atom is 0.276 e. The first-order chi connectivity index (χ1) is 15.3. The minimum Gasteiger partial charge on any atom is -0.366 e. The molecule has 7 nitrogen and oxygen atoms in total. The minimum atomic E-state index is -0.625. The number of aromatic nitrogens is 3. The summed E-state index contributed by atoms with van der Waals surface area (Å²) in [5, 5.41) is 5.15. The molecular formula is C24H22FN5O2. The molecule has 0 bridgehead atoms. The van der Waals surface area contributed by atoms with Gasteiger partial charge in [-0.05, 0) is 43.7 Å². The third kappa shape index (κ3) is 3.82. The van der Waals surface area contributed by atoms with Gasteiger partial charge in [0.15, 0.2) is 0 Å². The number of fused-ring (bicyclic) bond motifs is 1. The highest BCUT2D eigenvalue weighted by Crippen LogP contribution is 2.26. The average molecular weight is 431 g/mol. The van der Waals surface area contributed by atoms with E-state index in [1.165, 1.54) is 23.1 Å². The van der Waals surface area contributed by atoms with E-state index in [1.54, 1.807) is 48.1 Å². The number of rotatable bonds is 5. The SMILES string of the molecule is Cc1nn(Cc2ccc(F)cc2)c(C)c1N(C)C(=O)c1cc(C(N)=O)c2ccccc2n1. The summed E-state index contributed by atoms with van der Waals surface area (Å²) in [6.07, 6.45) is 0. The molecule has 2 aromatic heterocycles. The first-order valence-corrected chi connectivity index (χ1v) is 10.0. The van der Waals surface area contributed by atoms with Crippen molar-refractivity contribution in [2.24, 2.45) is 5.73 Å². The molecule has 0 aliphatic rings. The molecular weight excluding hydrogens is 409 g/mol. The number of aryl methyl sites for hydroxylation is 1. The van der Waals surface area contributed by atoms with Gasteiger partial charge >= 0.3 is 0 Å². The highest BCUT2D eigenvalue weighted by molar-refractivity contribution is 6.11. The third-order valence-electron chi connectivity index (χ3n) is 5.43. The molecule has 0 unspecified atom stereocenters. The maximum absolute atomic E-state index is 13.3. The number of para-hydroxylation sites is 1. The summed E-state index contributed by atoms with van der Waals surface area (Å²) in [4.78, 5) is 31.2. The number of carbonyl (C=O) groups is 2. The number of nitrogens with two attached hydrogens (primary N) is 1. The Morgan fingerprint density at radius 1 is 1.09 bits per heavy atom. The van der Waals surface area contributed by atoms with Crippen LogP contribution in [0, 0.1) is 19.7 Å². The molecule has 162 valence electrons. The maximum atomic E-state index is 13.3. The first-order valence-electron chi connectivity index (χ1n) is 10.0. The summed E-state index contributed by atoms with van der Waals surface area (Å²) < 4.78 is 15.0. The Balaban J connectivity index is 1.70. The summed E-state index contributed by atoms with van der Waals surface area (Å²) in [5.41, 5.74) is 9.39. The molecule has 8 heteroatoms. The number of nitrogens with zero attached hydrogens (tertiary/aromatic N) is 4. The summed E-state index contributed by atoms with van der Waals surface area (Å²) in [6, 6.07) is 14.7. The number of anilines is 1. The van der Waals surface area contributed by atoms with Gasteiger partial charge in [-0.3, -0.25) is 14.3 Å². The molecule has 0 saturated heterocycles. The normalized spacial score (nSPS) is 11.0. The lowest BCUT2D eigenvalue weighted by Gasteiger charge is -2.18. The molecule has 32 heavy (non-hydrogen) atoms. The van der Waals surface area contributed by atoms with Crippen LogP contribution in [-0.2, 0) is 6.54 Å². The molecule has 0 radical (unpaired) electrons. The lowest BCUT2D eigenvalue weighted by molar-refractivity contribution is 0.0988. The van der Waals surface area contributed by atoms with E-state index >= 15 is 0 Å². The lowest BCUT2D eigenvalue weighted by atomic mass is 10.1. The molecule has 2 aromatic carbocycles. The second-order valence-corrected chi connectivity index (χ2v) is 7.60. The van der Waals surface area contributed by atoms with Crippen molar-refractivity contribution in [3.8, 4) is 0 Å². The quantitative estimate of drug-likeness (QED) is 0.522. The van der Waals surface area contributed by atoms with Gasteiger partial charge in [0.05, 0.1) is 34.7 Å². The fraction of sp³-hybridized carbons (Fsp3) is 0.167. The highest BCUT2D eigenvalue weighted by Gasteiger charge is 2.24. The van der Waals surface area contributed by atoms with Crippen LogP contribution in [0.1, 0.15) is 37.8 Å². The van der Waals surface area contributed by atoms with Crippen molar-refractivity contribution in [1.82, 2.24) is 14.8 Å². The van der Waals surface area contributed by atoms with Crippen LogP contribution in [-0.4, -0.2) is 33.6 Å². The fourth-order valence-electron chi connectivity index (χ4n) is 3.85. The predicted molar refractivity (Wildman–Crippen MR) is 120 cm³/mol. The van der Waals surface area contributed by atoms with Gasteiger partial charge < -0.3 is 10.6 Å². The standard InChI is InChI=1S/C24H22FN5O2/c1-14-22(15(2)30(28-14)13-16-8-10-17(25)11-9-16)29(3)24(32)21-12-19(23(26)31)18-6-4-5-7-20(18)27-21/h4-12H,13H2,1-3H3,(H2,26,31). The van der Waals surface area contributed by atoms with Crippen molar-refractivity contribution in [3.05, 3.63) is 88.6 Å². The van der Waals surface area contributed by atoms with E-state index in [9.17, 15) is 14.0 Å². The van der Waals surface area contributed by atoms with Gasteiger partial charge in [0, 0.05) is 12.4 Å². The van der Waals surface area contributed by atoms with Crippen molar-refractivity contribution in [1.29, 1.82) is 0 Å². The summed E-state index contributed by atoms with van der Waals surface area (Å²) in [5.74, 6) is -1.31. The van der Waals surface area contributed by atoms with E-state index in [0.717, 1.165) is 11.3 Å². The van der Waals surface area contributed by atoms with E-state index in [0.29, 0.717) is 28.8 Å². The molecule has 0 aliphatic heterocycles. The smallest absolute Gasteiger partial charge is 0.276 e. The van der Waals surface area contributed by atoms with Crippen molar-refractivity contribution >= 4 is 28.4 Å². The first kappa shape index (κ1) is 21.2. The van der Waals surface area contributed by atoms with Crippen LogP contribution in [0.15, 0.2) is 54.6 Å². The molecule has 4 rings (SSSR count). The van der Waals surface area contributed by atoms with Crippen LogP contribution < -0.4 is 10.6 Å². The predicted octanol–water partition coefficient (Wildman–Crippen LogP) is 3.61. The van der Waals surface area contributed by atoms with E-state index in [4.69, 9.17) is 5.73 Å². The van der Waals surface area contributed by atoms with E-state index < -0.39 is 5.91 Å². The zero-order valence-electron chi connectivity index (χ0n) is 18.0. The fourth-order valence-corrected chi connectivity index (χ4v) is 3.85. The second kappa shape index (κ2) is 8.22. The Bertz CT molecular complexity index is 1340. The van der Waals surface area contributed by atoms with Crippen LogP contribution in [0.25, 0.3) is 10.9 Å². The highest BCUT2D eigenvalue weighted by atomic mass is 19.1. The van der Waals surface area contributed by atoms with Gasteiger partial charge in [0.1, 0.15) is 11.5 Å². The zero-order valence-corrected chi connectivity index (χ0v) is 18.0. The number of carbonyl (C=O) groups excluding carboxylic acids is 2. The van der Waals surface area contributed by atoms with Crippen molar-refractivity contribution < 1.29 is 14.0 Å². The Kier molecular flexibility index (Phi) is 5.44. The summed E-state index contributed by atoms with van der Waals surface area (Å²) in [6.45, 7) is 4.12. The minimum absolute atomic E-state index is 0.116. The van der Waals surface area contributed by atoms with Crippen molar-refractivity contribution in [2.45, 2.75) is 20.4 Å². The number of benzene rings is 2. The Hall–Kier alpha value is -4.07. The zero-order chi connectivity index (χ0) is 23.0. The van der Waals surface area contributed by atoms with Gasteiger partial charge in [0.2, 0.25) is 5.91 Å². The number of hydrogen-bond donors (Lipinski definition) is 1. The van der Waals surface area contributed by atoms with E-state index in [2.05, 4.69) is 10.1 Å². The lowest BCUT2D eigenvalue weighted by Crippen LogP contribution is -2.28. The van der Waals surface area contributed by atoms with Gasteiger partial charge in [0.25, 0.3) is 5.91 Å². The monoisotopic (exact) mass is 431 g/mol. The Morgan fingerprint density at radius 2 is 1.78 bits per heavy atom. The number of halogens is 1. The summed E-state index contributed by atoms with van der Waals surface area (Å²) >= 11 is 0. The molecule has 0 saturated carbocycles. The largest absolute Gasteiger partial charge is 0.366 e. The summed E-state index contributed by atoms with van der Waals surface area (Å²) in [7, 11) is 1.64. The van der Waals surface area contributed by atoms with Crippen LogP contribution in [0.5, 0.6) is 0 Å². The van der Waals surface area contributed by atoms with Gasteiger partial charge in [-0.2, -0.15) is 5.10 Å². The molecule has 0 atom stereocenters. The second-order valence-electron chi connectivity index (χ2n) is 7.60. The molecule has 2 amide bonds. The molecule has 0 spiro atoms. The molecule has 2 heterocycles. The van der Waals surface area contributed by atoms with Crippen molar-refractivity contribution in [3.63, 3.8) is 0 Å². The third-order valence-corrected chi connectivity index (χ3v) is 5.43. The average Bonchev–Trinajstić information content (AvgIpc) is 3.06. The van der Waals surface area contributed by atoms with E-state index in [-0.39, 0.29) is 23.0 Å². The number of hydrogen-bond acceptors (Lipinski definition) is 4. The van der Waals surface area contributed by atoms with Gasteiger partial charge in [-0.25, -0.2) is 9.37 Å². The van der Waals surface area contributed by atoms with E-state index in [1.807, 2.05) is 13.8 Å². The molecule has 4 aromatic rings. The van der Waals surface area contributed by atoms with Crippen molar-refractivity contribution in [2.75, 3.05) is 11.9 Å². The Labute approximate surface area is 184 Å². The van der Waals surface area contributed by atoms with Crippen LogP contribution in [0.3, 0.4) is 0 Å². The molecule has 0 fully saturated rings. The number of primary amides is 1. The van der Waals surface area contributed by atoms with Crippen LogP contribution in [0.2, 0.25) is 0 Å². The number of amides is 2. The molecule has 0 aliphatic carbocycles. The van der Waals surface area contributed by atoms with Crippen LogP contribution >= 0.6 is 0 Å². The topological polar surface area (TPSA) is 94.1 Å². The van der Waals surface area contributed by atoms with Crippen LogP contribution in [0.4, 0.5) is 10.1 Å². The molecule has 2 N–H and O–H groups in total. The van der Waals surface area contributed by atoms with Gasteiger partial charge in [-0.1, -0.05) is 30.3 Å². The Morgan fingerprint density at radius 3 is 2.47 bits per heavy atom. The van der Waals surface area contributed by atoms with Gasteiger partial charge in [-0.15, -0.1) is 0 Å².